The van der Waals surface area contributed by atoms with Gasteiger partial charge in [-0.2, -0.15) is 0 Å². The van der Waals surface area contributed by atoms with E-state index in [1.165, 1.54) is 12.1 Å². The monoisotopic (exact) mass is 392 g/mol. The summed E-state index contributed by atoms with van der Waals surface area (Å²) < 4.78 is 28.1. The van der Waals surface area contributed by atoms with Crippen molar-refractivity contribution in [2.45, 2.75) is 38.6 Å². The molecule has 7 nitrogen and oxygen atoms in total. The molecule has 1 unspecified atom stereocenters. The van der Waals surface area contributed by atoms with Crippen LogP contribution < -0.4 is 5.32 Å². The van der Waals surface area contributed by atoms with Crippen LogP contribution in [-0.2, 0) is 14.6 Å². The van der Waals surface area contributed by atoms with Crippen molar-refractivity contribution in [2.24, 2.45) is 0 Å². The largest absolute Gasteiger partial charge is 0.462 e. The number of benzene rings is 1. The summed E-state index contributed by atoms with van der Waals surface area (Å²) in [6.07, 6.45) is 1.14. The van der Waals surface area contributed by atoms with Crippen molar-refractivity contribution in [2.75, 3.05) is 12.9 Å². The zero-order chi connectivity index (χ0) is 20.4. The van der Waals surface area contributed by atoms with Gasteiger partial charge in [-0.3, -0.25) is 4.79 Å². The number of hydrogen-bond acceptors (Lipinski definition) is 5. The minimum Gasteiger partial charge on any atom is -0.462 e. The maximum atomic E-state index is 12.6. The summed E-state index contributed by atoms with van der Waals surface area (Å²) in [6.45, 7) is 7.18. The number of carbonyl (C=O) groups is 2. The summed E-state index contributed by atoms with van der Waals surface area (Å²) in [4.78, 5) is 27.9. The Morgan fingerprint density at radius 1 is 1.19 bits per heavy atom. The second kappa shape index (κ2) is 7.96. The van der Waals surface area contributed by atoms with Gasteiger partial charge in [0.05, 0.1) is 23.1 Å². The Bertz CT molecular complexity index is 959. The van der Waals surface area contributed by atoms with E-state index in [1.807, 2.05) is 0 Å². The Labute approximate surface area is 159 Å². The van der Waals surface area contributed by atoms with E-state index in [0.29, 0.717) is 22.5 Å². The van der Waals surface area contributed by atoms with Crippen LogP contribution in [0.3, 0.4) is 0 Å². The zero-order valence-corrected chi connectivity index (χ0v) is 16.9. The molecular formula is C19H24N2O5S. The van der Waals surface area contributed by atoms with Crippen molar-refractivity contribution < 1.29 is 22.7 Å². The average Bonchev–Trinajstić information content (AvgIpc) is 2.89. The van der Waals surface area contributed by atoms with Crippen LogP contribution in [-0.4, -0.2) is 38.1 Å². The second-order valence-corrected chi connectivity index (χ2v) is 8.40. The number of nitrogens with one attached hydrogen (secondary N) is 2. The second-order valence-electron chi connectivity index (χ2n) is 6.38. The molecule has 146 valence electrons. The molecule has 2 rings (SSSR count). The molecular weight excluding hydrogens is 368 g/mol. The van der Waals surface area contributed by atoms with Gasteiger partial charge in [-0.1, -0.05) is 12.1 Å². The van der Waals surface area contributed by atoms with Gasteiger partial charge in [0.2, 0.25) is 0 Å². The number of aryl methyl sites for hydroxylation is 1. The molecule has 0 saturated heterocycles. The van der Waals surface area contributed by atoms with Crippen LogP contribution in [0.15, 0.2) is 29.2 Å². The van der Waals surface area contributed by atoms with E-state index < -0.39 is 15.8 Å². The van der Waals surface area contributed by atoms with Gasteiger partial charge in [-0.25, -0.2) is 13.2 Å². The van der Waals surface area contributed by atoms with E-state index in [1.54, 1.807) is 39.8 Å². The van der Waals surface area contributed by atoms with Crippen molar-refractivity contribution in [1.82, 2.24) is 10.3 Å². The van der Waals surface area contributed by atoms with Gasteiger partial charge in [0.1, 0.15) is 5.69 Å². The fourth-order valence-corrected chi connectivity index (χ4v) is 3.47. The molecule has 1 atom stereocenters. The quantitative estimate of drug-likeness (QED) is 0.736. The lowest BCUT2D eigenvalue weighted by Gasteiger charge is -2.14. The molecule has 0 aliphatic carbocycles. The minimum atomic E-state index is -3.27. The molecule has 8 heteroatoms. The summed E-state index contributed by atoms with van der Waals surface area (Å²) in [7, 11) is -3.27. The third-order valence-electron chi connectivity index (χ3n) is 4.30. The molecule has 2 N–H and O–H groups in total. The lowest BCUT2D eigenvalue weighted by molar-refractivity contribution is 0.0525. The van der Waals surface area contributed by atoms with Crippen molar-refractivity contribution in [3.05, 3.63) is 52.3 Å². The molecule has 0 aliphatic rings. The number of ether oxygens (including phenoxy) is 1. The molecule has 27 heavy (non-hydrogen) atoms. The van der Waals surface area contributed by atoms with Gasteiger partial charge in [-0.15, -0.1) is 0 Å². The molecule has 0 radical (unpaired) electrons. The van der Waals surface area contributed by atoms with E-state index in [2.05, 4.69) is 10.3 Å². The highest BCUT2D eigenvalue weighted by Crippen LogP contribution is 2.21. The maximum absolute atomic E-state index is 12.6. The summed E-state index contributed by atoms with van der Waals surface area (Å²) in [5.74, 6) is -0.821. The van der Waals surface area contributed by atoms with Crippen LogP contribution in [0.5, 0.6) is 0 Å². The summed E-state index contributed by atoms with van der Waals surface area (Å²) in [6, 6.07) is 6.00. The lowest BCUT2D eigenvalue weighted by Crippen LogP contribution is -2.27. The molecule has 2 aromatic rings. The van der Waals surface area contributed by atoms with Crippen LogP contribution in [0.25, 0.3) is 0 Å². The standard InChI is InChI=1S/C19H24N2O5S/c1-6-26-19(23)16-11(2)17(20-13(16)4)18(22)21-12(3)14-7-9-15(10-8-14)27(5,24)25/h7-10,12,20H,6H2,1-5H3,(H,21,22). The highest BCUT2D eigenvalue weighted by Gasteiger charge is 2.23. The molecule has 0 spiro atoms. The zero-order valence-electron chi connectivity index (χ0n) is 16.0. The van der Waals surface area contributed by atoms with Crippen LogP contribution in [0.2, 0.25) is 0 Å². The fraction of sp³-hybridized carbons (Fsp3) is 0.368. The molecule has 1 aromatic carbocycles. The van der Waals surface area contributed by atoms with Gasteiger partial charge < -0.3 is 15.0 Å². The fourth-order valence-electron chi connectivity index (χ4n) is 2.84. The number of amides is 1. The van der Waals surface area contributed by atoms with Gasteiger partial charge in [0.25, 0.3) is 5.91 Å². The Kier molecular flexibility index (Phi) is 6.10. The van der Waals surface area contributed by atoms with Crippen LogP contribution in [0.4, 0.5) is 0 Å². The van der Waals surface area contributed by atoms with E-state index in [4.69, 9.17) is 4.74 Å². The predicted octanol–water partition coefficient (Wildman–Crippen LogP) is 2.70. The van der Waals surface area contributed by atoms with E-state index in [9.17, 15) is 18.0 Å². The number of rotatable bonds is 6. The third-order valence-corrected chi connectivity index (χ3v) is 5.43. The number of carbonyl (C=O) groups excluding carboxylic acids is 2. The molecule has 1 aromatic heterocycles. The number of sulfone groups is 1. The SMILES string of the molecule is CCOC(=O)c1c(C)[nH]c(C(=O)NC(C)c2ccc(S(C)(=O)=O)cc2)c1C. The summed E-state index contributed by atoms with van der Waals surface area (Å²) in [5, 5.41) is 2.85. The Morgan fingerprint density at radius 2 is 1.78 bits per heavy atom. The minimum absolute atomic E-state index is 0.222. The van der Waals surface area contributed by atoms with Crippen molar-refractivity contribution in [3.8, 4) is 0 Å². The molecule has 0 saturated carbocycles. The van der Waals surface area contributed by atoms with Gasteiger partial charge >= 0.3 is 5.97 Å². The number of aromatic nitrogens is 1. The molecule has 0 bridgehead atoms. The molecule has 1 heterocycles. The summed E-state index contributed by atoms with van der Waals surface area (Å²) in [5.41, 5.74) is 2.54. The first-order chi connectivity index (χ1) is 12.6. The van der Waals surface area contributed by atoms with Crippen LogP contribution in [0.1, 0.15) is 57.6 Å². The van der Waals surface area contributed by atoms with Crippen LogP contribution in [0, 0.1) is 13.8 Å². The van der Waals surface area contributed by atoms with Crippen molar-refractivity contribution in [1.29, 1.82) is 0 Å². The van der Waals surface area contributed by atoms with Gasteiger partial charge in [0.15, 0.2) is 9.84 Å². The van der Waals surface area contributed by atoms with Crippen molar-refractivity contribution >= 4 is 21.7 Å². The first kappa shape index (κ1) is 20.7. The van der Waals surface area contributed by atoms with E-state index in [-0.39, 0.29) is 23.5 Å². The molecule has 0 aliphatic heterocycles. The Hall–Kier alpha value is -2.61. The lowest BCUT2D eigenvalue weighted by atomic mass is 10.1. The number of hydrogen-bond donors (Lipinski definition) is 2. The highest BCUT2D eigenvalue weighted by molar-refractivity contribution is 7.90. The Morgan fingerprint density at radius 3 is 2.30 bits per heavy atom. The first-order valence-corrected chi connectivity index (χ1v) is 10.4. The average molecular weight is 392 g/mol. The van der Waals surface area contributed by atoms with Crippen molar-refractivity contribution in [3.63, 3.8) is 0 Å². The molecule has 1 amide bonds. The Balaban J connectivity index is 2.20. The highest BCUT2D eigenvalue weighted by atomic mass is 32.2. The molecule has 0 fully saturated rings. The number of aromatic amines is 1. The van der Waals surface area contributed by atoms with E-state index >= 15 is 0 Å². The number of H-pyrrole nitrogens is 1. The third kappa shape index (κ3) is 4.57. The van der Waals surface area contributed by atoms with Gasteiger partial charge in [-0.05, 0) is 51.0 Å². The normalized spacial score (nSPS) is 12.5. The summed E-state index contributed by atoms with van der Waals surface area (Å²) >= 11 is 0. The number of esters is 1. The smallest absolute Gasteiger partial charge is 0.340 e. The van der Waals surface area contributed by atoms with E-state index in [0.717, 1.165) is 11.8 Å². The maximum Gasteiger partial charge on any atom is 0.340 e. The predicted molar refractivity (Wildman–Crippen MR) is 102 cm³/mol. The van der Waals surface area contributed by atoms with Crippen LogP contribution >= 0.6 is 0 Å². The van der Waals surface area contributed by atoms with Gasteiger partial charge in [0, 0.05) is 11.9 Å². The first-order valence-electron chi connectivity index (χ1n) is 8.53. The topological polar surface area (TPSA) is 105 Å².